The highest BCUT2D eigenvalue weighted by Gasteiger charge is 2.12. The Hall–Kier alpha value is -0.120. The van der Waals surface area contributed by atoms with Gasteiger partial charge in [0.2, 0.25) is 0 Å². The largest absolute Gasteiger partial charge is 0.315 e. The van der Waals surface area contributed by atoms with Crippen molar-refractivity contribution in [1.29, 1.82) is 0 Å². The summed E-state index contributed by atoms with van der Waals surface area (Å²) in [7, 11) is 2.22. The second-order valence-electron chi connectivity index (χ2n) is 6.49. The van der Waals surface area contributed by atoms with E-state index < -0.39 is 0 Å². The average molecular weight is 269 g/mol. The van der Waals surface area contributed by atoms with E-state index in [2.05, 4.69) is 36.0 Å². The van der Waals surface area contributed by atoms with E-state index in [1.54, 1.807) is 0 Å². The normalized spacial score (nSPS) is 18.3. The first kappa shape index (κ1) is 16.9. The van der Waals surface area contributed by atoms with Crippen LogP contribution in [0.4, 0.5) is 0 Å². The Morgan fingerprint density at radius 1 is 0.895 bits per heavy atom. The Bertz CT molecular complexity index is 198. The number of unbranched alkanes of at least 4 members (excludes halogenated alkanes) is 3. The van der Waals surface area contributed by atoms with Gasteiger partial charge in [-0.15, -0.1) is 0 Å². The van der Waals surface area contributed by atoms with Gasteiger partial charge in [-0.25, -0.2) is 0 Å². The summed E-state index contributed by atoms with van der Waals surface area (Å²) in [5, 5.41) is 3.59. The van der Waals surface area contributed by atoms with Gasteiger partial charge in [0, 0.05) is 39.3 Å². The van der Waals surface area contributed by atoms with Gasteiger partial charge in [0.25, 0.3) is 0 Å². The van der Waals surface area contributed by atoms with Gasteiger partial charge < -0.3 is 10.2 Å². The standard InChI is InChI=1S/C16H35N3/c1-16(2)8-6-4-5-7-9-17-10-11-19-14-12-18(3)13-15-19/h16-17H,4-15H2,1-3H3. The van der Waals surface area contributed by atoms with E-state index in [1.165, 1.54) is 71.4 Å². The molecule has 0 radical (unpaired) electrons. The van der Waals surface area contributed by atoms with Crippen LogP contribution in [0.1, 0.15) is 46.0 Å². The average Bonchev–Trinajstić information content (AvgIpc) is 2.38. The van der Waals surface area contributed by atoms with E-state index in [-0.39, 0.29) is 0 Å². The summed E-state index contributed by atoms with van der Waals surface area (Å²) in [6, 6.07) is 0. The summed E-state index contributed by atoms with van der Waals surface area (Å²) >= 11 is 0. The van der Waals surface area contributed by atoms with Crippen LogP contribution in [-0.4, -0.2) is 62.7 Å². The van der Waals surface area contributed by atoms with Crippen molar-refractivity contribution in [3.63, 3.8) is 0 Å². The minimum atomic E-state index is 0.877. The minimum Gasteiger partial charge on any atom is -0.315 e. The molecule has 114 valence electrons. The lowest BCUT2D eigenvalue weighted by molar-refractivity contribution is 0.155. The van der Waals surface area contributed by atoms with Crippen molar-refractivity contribution in [2.24, 2.45) is 5.92 Å². The number of hydrogen-bond acceptors (Lipinski definition) is 3. The third-order valence-corrected chi connectivity index (χ3v) is 4.09. The first-order valence-corrected chi connectivity index (χ1v) is 8.30. The number of hydrogen-bond donors (Lipinski definition) is 1. The third-order valence-electron chi connectivity index (χ3n) is 4.09. The number of rotatable bonds is 10. The second-order valence-corrected chi connectivity index (χ2v) is 6.49. The molecule has 3 heteroatoms. The molecule has 1 fully saturated rings. The molecule has 0 aromatic carbocycles. The van der Waals surface area contributed by atoms with Gasteiger partial charge in [-0.3, -0.25) is 4.90 Å². The van der Waals surface area contributed by atoms with E-state index in [9.17, 15) is 0 Å². The molecule has 0 aliphatic carbocycles. The van der Waals surface area contributed by atoms with Gasteiger partial charge in [0.15, 0.2) is 0 Å². The summed E-state index contributed by atoms with van der Waals surface area (Å²) in [6.07, 6.45) is 6.98. The lowest BCUT2D eigenvalue weighted by Gasteiger charge is -2.32. The van der Waals surface area contributed by atoms with Crippen molar-refractivity contribution in [2.75, 3.05) is 52.9 Å². The molecule has 19 heavy (non-hydrogen) atoms. The quantitative estimate of drug-likeness (QED) is 0.615. The molecular weight excluding hydrogens is 234 g/mol. The van der Waals surface area contributed by atoms with Crippen LogP contribution in [-0.2, 0) is 0 Å². The van der Waals surface area contributed by atoms with Gasteiger partial charge in [-0.05, 0) is 25.9 Å². The summed E-state index contributed by atoms with van der Waals surface area (Å²) in [4.78, 5) is 5.00. The van der Waals surface area contributed by atoms with Crippen LogP contribution in [0, 0.1) is 5.92 Å². The monoisotopic (exact) mass is 269 g/mol. The van der Waals surface area contributed by atoms with E-state index in [1.807, 2.05) is 0 Å². The van der Waals surface area contributed by atoms with Gasteiger partial charge in [-0.1, -0.05) is 39.5 Å². The molecule has 3 nitrogen and oxygen atoms in total. The summed E-state index contributed by atoms with van der Waals surface area (Å²) < 4.78 is 0. The van der Waals surface area contributed by atoms with Crippen LogP contribution in [0.25, 0.3) is 0 Å². The van der Waals surface area contributed by atoms with Gasteiger partial charge in [0.1, 0.15) is 0 Å². The zero-order valence-electron chi connectivity index (χ0n) is 13.5. The van der Waals surface area contributed by atoms with Crippen molar-refractivity contribution in [2.45, 2.75) is 46.0 Å². The molecule has 0 spiro atoms. The Kier molecular flexibility index (Phi) is 9.48. The molecule has 0 amide bonds. The maximum absolute atomic E-state index is 3.59. The maximum Gasteiger partial charge on any atom is 0.0110 e. The highest BCUT2D eigenvalue weighted by Crippen LogP contribution is 2.08. The van der Waals surface area contributed by atoms with Crippen LogP contribution in [0.15, 0.2) is 0 Å². The van der Waals surface area contributed by atoms with Crippen LogP contribution in [0.2, 0.25) is 0 Å². The molecule has 1 rings (SSSR count). The van der Waals surface area contributed by atoms with E-state index in [4.69, 9.17) is 0 Å². The topological polar surface area (TPSA) is 18.5 Å². The third kappa shape index (κ3) is 9.42. The smallest absolute Gasteiger partial charge is 0.0110 e. The Labute approximate surface area is 120 Å². The SMILES string of the molecule is CC(C)CCCCCCNCCN1CCN(C)CC1. The molecule has 1 heterocycles. The minimum absolute atomic E-state index is 0.877. The highest BCUT2D eigenvalue weighted by molar-refractivity contribution is 4.69. The molecule has 0 aromatic heterocycles. The fraction of sp³-hybridized carbons (Fsp3) is 1.00. The predicted octanol–water partition coefficient (Wildman–Crippen LogP) is 2.43. The van der Waals surface area contributed by atoms with Crippen molar-refractivity contribution in [3.8, 4) is 0 Å². The molecule has 0 atom stereocenters. The molecule has 0 unspecified atom stereocenters. The molecule has 0 bridgehead atoms. The van der Waals surface area contributed by atoms with E-state index in [0.717, 1.165) is 12.5 Å². The van der Waals surface area contributed by atoms with E-state index >= 15 is 0 Å². The molecule has 1 N–H and O–H groups in total. The Morgan fingerprint density at radius 2 is 1.58 bits per heavy atom. The number of nitrogens with zero attached hydrogens (tertiary/aromatic N) is 2. The molecule has 0 aromatic rings. The van der Waals surface area contributed by atoms with Crippen LogP contribution in [0.3, 0.4) is 0 Å². The molecular formula is C16H35N3. The van der Waals surface area contributed by atoms with E-state index in [0.29, 0.717) is 0 Å². The predicted molar refractivity (Wildman–Crippen MR) is 84.7 cm³/mol. The second kappa shape index (κ2) is 10.6. The molecule has 1 aliphatic heterocycles. The first-order chi connectivity index (χ1) is 9.18. The van der Waals surface area contributed by atoms with Gasteiger partial charge in [0.05, 0.1) is 0 Å². The molecule has 1 aliphatic rings. The van der Waals surface area contributed by atoms with Gasteiger partial charge in [-0.2, -0.15) is 0 Å². The molecule has 1 saturated heterocycles. The number of likely N-dealkylation sites (N-methyl/N-ethyl adjacent to an activating group) is 1. The Morgan fingerprint density at radius 3 is 2.26 bits per heavy atom. The van der Waals surface area contributed by atoms with Crippen molar-refractivity contribution >= 4 is 0 Å². The zero-order chi connectivity index (χ0) is 13.9. The van der Waals surface area contributed by atoms with Crippen molar-refractivity contribution in [1.82, 2.24) is 15.1 Å². The van der Waals surface area contributed by atoms with Crippen LogP contribution in [0.5, 0.6) is 0 Å². The fourth-order valence-electron chi connectivity index (χ4n) is 2.59. The number of piperazine rings is 1. The maximum atomic E-state index is 3.59. The van der Waals surface area contributed by atoms with Crippen LogP contribution >= 0.6 is 0 Å². The highest BCUT2D eigenvalue weighted by atomic mass is 15.2. The zero-order valence-corrected chi connectivity index (χ0v) is 13.5. The summed E-state index contributed by atoms with van der Waals surface area (Å²) in [5.74, 6) is 0.877. The fourth-order valence-corrected chi connectivity index (χ4v) is 2.59. The lowest BCUT2D eigenvalue weighted by atomic mass is 10.0. The Balaban J connectivity index is 1.79. The van der Waals surface area contributed by atoms with Crippen LogP contribution < -0.4 is 5.32 Å². The number of nitrogens with one attached hydrogen (secondary N) is 1. The summed E-state index contributed by atoms with van der Waals surface area (Å²) in [6.45, 7) is 13.2. The summed E-state index contributed by atoms with van der Waals surface area (Å²) in [5.41, 5.74) is 0. The van der Waals surface area contributed by atoms with Crippen molar-refractivity contribution in [3.05, 3.63) is 0 Å². The molecule has 0 saturated carbocycles. The van der Waals surface area contributed by atoms with Crippen molar-refractivity contribution < 1.29 is 0 Å². The van der Waals surface area contributed by atoms with Gasteiger partial charge >= 0.3 is 0 Å². The lowest BCUT2D eigenvalue weighted by Crippen LogP contribution is -2.46. The first-order valence-electron chi connectivity index (χ1n) is 8.30.